The number of benzene rings is 1. The lowest BCUT2D eigenvalue weighted by atomic mass is 9.90. The molecule has 1 amide bonds. The molecule has 1 aliphatic heterocycles. The van der Waals surface area contributed by atoms with Crippen LogP contribution in [-0.2, 0) is 12.8 Å². The standard InChI is InChI=1S/C19H19F3N2O3/c20-19(21,22)13-4-2-6-15(8-13)26-11-16-9-17(23-27-16)18(25)24-10-12-3-1-5-14(24)7-12/h2,4,6,8-9,12,14H,1,3,5,7,10-11H2/t12-,14+/m0/s1. The summed E-state index contributed by atoms with van der Waals surface area (Å²) >= 11 is 0. The van der Waals surface area contributed by atoms with Crippen LogP contribution < -0.4 is 4.74 Å². The molecule has 8 heteroatoms. The highest BCUT2D eigenvalue weighted by atomic mass is 19.4. The minimum atomic E-state index is -4.43. The Bertz CT molecular complexity index is 834. The molecular formula is C19H19F3N2O3. The number of amides is 1. The molecule has 1 aliphatic carbocycles. The summed E-state index contributed by atoms with van der Waals surface area (Å²) < 4.78 is 48.7. The number of hydrogen-bond donors (Lipinski definition) is 0. The van der Waals surface area contributed by atoms with Gasteiger partial charge in [-0.3, -0.25) is 4.79 Å². The highest BCUT2D eigenvalue weighted by Crippen LogP contribution is 2.36. The van der Waals surface area contributed by atoms with E-state index in [1.807, 2.05) is 4.90 Å². The fourth-order valence-corrected chi connectivity index (χ4v) is 3.93. The van der Waals surface area contributed by atoms with Crippen molar-refractivity contribution in [2.75, 3.05) is 6.54 Å². The molecule has 2 bridgehead atoms. The van der Waals surface area contributed by atoms with Gasteiger partial charge >= 0.3 is 6.18 Å². The average molecular weight is 380 g/mol. The van der Waals surface area contributed by atoms with Crippen molar-refractivity contribution in [1.29, 1.82) is 0 Å². The predicted molar refractivity (Wildman–Crippen MR) is 89.1 cm³/mol. The number of carbonyl (C=O) groups is 1. The molecule has 2 fully saturated rings. The minimum Gasteiger partial charge on any atom is -0.486 e. The first-order valence-corrected chi connectivity index (χ1v) is 8.97. The summed E-state index contributed by atoms with van der Waals surface area (Å²) in [6.07, 6.45) is -0.0527. The second-order valence-corrected chi connectivity index (χ2v) is 7.14. The van der Waals surface area contributed by atoms with Crippen molar-refractivity contribution in [3.05, 3.63) is 47.3 Å². The Kier molecular flexibility index (Phi) is 4.57. The number of fused-ring (bicyclic) bond motifs is 2. The van der Waals surface area contributed by atoms with Gasteiger partial charge in [-0.2, -0.15) is 13.2 Å². The normalized spacial score (nSPS) is 22.1. The molecule has 1 saturated heterocycles. The highest BCUT2D eigenvalue weighted by Gasteiger charge is 2.38. The Morgan fingerprint density at radius 3 is 2.93 bits per heavy atom. The number of rotatable bonds is 4. The highest BCUT2D eigenvalue weighted by molar-refractivity contribution is 5.92. The molecule has 0 unspecified atom stereocenters. The Morgan fingerprint density at radius 1 is 1.30 bits per heavy atom. The number of carbonyl (C=O) groups excluding carboxylic acids is 1. The van der Waals surface area contributed by atoms with Crippen LogP contribution >= 0.6 is 0 Å². The summed E-state index contributed by atoms with van der Waals surface area (Å²) in [5.41, 5.74) is -0.571. The van der Waals surface area contributed by atoms with E-state index in [1.165, 1.54) is 18.2 Å². The van der Waals surface area contributed by atoms with E-state index in [-0.39, 0.29) is 35.8 Å². The first kappa shape index (κ1) is 17.9. The summed E-state index contributed by atoms with van der Waals surface area (Å²) in [5, 5.41) is 3.82. The quantitative estimate of drug-likeness (QED) is 0.794. The molecule has 0 N–H and O–H groups in total. The molecule has 1 saturated carbocycles. The van der Waals surface area contributed by atoms with Crippen molar-refractivity contribution < 1.29 is 27.2 Å². The lowest BCUT2D eigenvalue weighted by molar-refractivity contribution is -0.137. The Labute approximate surface area is 154 Å². The second-order valence-electron chi connectivity index (χ2n) is 7.14. The van der Waals surface area contributed by atoms with E-state index in [0.717, 1.165) is 44.4 Å². The summed E-state index contributed by atoms with van der Waals surface area (Å²) in [6, 6.07) is 6.38. The molecule has 1 aromatic heterocycles. The Hall–Kier alpha value is -2.51. The number of likely N-dealkylation sites (tertiary alicyclic amines) is 1. The van der Waals surface area contributed by atoms with Gasteiger partial charge in [0.05, 0.1) is 5.56 Å². The van der Waals surface area contributed by atoms with Crippen LogP contribution in [-0.4, -0.2) is 28.6 Å². The predicted octanol–water partition coefficient (Wildman–Crippen LogP) is 4.29. The Morgan fingerprint density at radius 2 is 2.15 bits per heavy atom. The lowest BCUT2D eigenvalue weighted by Crippen LogP contribution is -2.35. The molecule has 0 radical (unpaired) electrons. The maximum absolute atomic E-state index is 12.7. The third-order valence-corrected chi connectivity index (χ3v) is 5.23. The van der Waals surface area contributed by atoms with Crippen LogP contribution in [0.2, 0.25) is 0 Å². The maximum Gasteiger partial charge on any atom is 0.416 e. The fourth-order valence-electron chi connectivity index (χ4n) is 3.93. The number of halogens is 3. The van der Waals surface area contributed by atoms with Crippen LogP contribution in [0.3, 0.4) is 0 Å². The van der Waals surface area contributed by atoms with Gasteiger partial charge in [0, 0.05) is 18.7 Å². The average Bonchev–Trinajstić information content (AvgIpc) is 3.23. The molecule has 144 valence electrons. The van der Waals surface area contributed by atoms with Crippen LogP contribution in [0, 0.1) is 5.92 Å². The zero-order valence-corrected chi connectivity index (χ0v) is 14.5. The van der Waals surface area contributed by atoms with Crippen LogP contribution in [0.5, 0.6) is 5.75 Å². The number of ether oxygens (including phenoxy) is 1. The monoisotopic (exact) mass is 380 g/mol. The van der Waals surface area contributed by atoms with Crippen molar-refractivity contribution in [3.63, 3.8) is 0 Å². The van der Waals surface area contributed by atoms with E-state index >= 15 is 0 Å². The number of nitrogens with zero attached hydrogens (tertiary/aromatic N) is 2. The second kappa shape index (κ2) is 6.90. The molecule has 27 heavy (non-hydrogen) atoms. The maximum atomic E-state index is 12.7. The first-order chi connectivity index (χ1) is 12.9. The van der Waals surface area contributed by atoms with Gasteiger partial charge in [0.25, 0.3) is 5.91 Å². The van der Waals surface area contributed by atoms with Crippen molar-refractivity contribution in [1.82, 2.24) is 10.1 Å². The van der Waals surface area contributed by atoms with Gasteiger partial charge in [0.2, 0.25) is 0 Å². The molecule has 4 rings (SSSR count). The van der Waals surface area contributed by atoms with Crippen molar-refractivity contribution in [2.45, 2.75) is 44.5 Å². The number of alkyl halides is 3. The summed E-state index contributed by atoms with van der Waals surface area (Å²) in [6.45, 7) is 0.653. The third-order valence-electron chi connectivity index (χ3n) is 5.23. The van der Waals surface area contributed by atoms with Gasteiger partial charge in [-0.05, 0) is 43.4 Å². The molecule has 5 nitrogen and oxygen atoms in total. The van der Waals surface area contributed by atoms with Gasteiger partial charge < -0.3 is 14.2 Å². The van der Waals surface area contributed by atoms with Gasteiger partial charge in [-0.1, -0.05) is 17.6 Å². The van der Waals surface area contributed by atoms with Crippen molar-refractivity contribution in [3.8, 4) is 5.75 Å². The van der Waals surface area contributed by atoms with Crippen molar-refractivity contribution >= 4 is 5.91 Å². The van der Waals surface area contributed by atoms with E-state index in [4.69, 9.17) is 9.26 Å². The van der Waals surface area contributed by atoms with Gasteiger partial charge in [-0.25, -0.2) is 0 Å². The molecule has 0 spiro atoms. The smallest absolute Gasteiger partial charge is 0.416 e. The van der Waals surface area contributed by atoms with E-state index < -0.39 is 11.7 Å². The molecule has 2 atom stereocenters. The largest absolute Gasteiger partial charge is 0.486 e. The minimum absolute atomic E-state index is 0.0717. The zero-order chi connectivity index (χ0) is 19.0. The topological polar surface area (TPSA) is 55.6 Å². The molecule has 1 aromatic carbocycles. The van der Waals surface area contributed by atoms with Crippen LogP contribution in [0.25, 0.3) is 0 Å². The summed E-state index contributed by atoms with van der Waals surface area (Å²) in [5.74, 6) is 0.780. The van der Waals surface area contributed by atoms with Gasteiger partial charge in [0.1, 0.15) is 12.4 Å². The molecule has 2 aromatic rings. The number of hydrogen-bond acceptors (Lipinski definition) is 4. The summed E-state index contributed by atoms with van der Waals surface area (Å²) in [4.78, 5) is 14.5. The van der Waals surface area contributed by atoms with E-state index in [1.54, 1.807) is 0 Å². The third kappa shape index (κ3) is 3.79. The van der Waals surface area contributed by atoms with Crippen molar-refractivity contribution in [2.24, 2.45) is 5.92 Å². The first-order valence-electron chi connectivity index (χ1n) is 8.97. The Balaban J connectivity index is 1.39. The van der Waals surface area contributed by atoms with E-state index in [2.05, 4.69) is 5.16 Å². The lowest BCUT2D eigenvalue weighted by Gasteiger charge is -2.23. The van der Waals surface area contributed by atoms with E-state index in [9.17, 15) is 18.0 Å². The molecular weight excluding hydrogens is 361 g/mol. The molecule has 2 heterocycles. The van der Waals surface area contributed by atoms with Gasteiger partial charge in [0.15, 0.2) is 11.5 Å². The SMILES string of the molecule is O=C(c1cc(COc2cccc(C(F)(F)F)c2)on1)N1C[C@H]2CCC[C@@H]1C2. The summed E-state index contributed by atoms with van der Waals surface area (Å²) in [7, 11) is 0. The molecule has 2 aliphatic rings. The van der Waals surface area contributed by atoms with Gasteiger partial charge in [-0.15, -0.1) is 0 Å². The number of aromatic nitrogens is 1. The fraction of sp³-hybridized carbons (Fsp3) is 0.474. The van der Waals surface area contributed by atoms with E-state index in [0.29, 0.717) is 5.92 Å². The van der Waals surface area contributed by atoms with Crippen LogP contribution in [0.1, 0.15) is 47.5 Å². The van der Waals surface area contributed by atoms with Crippen LogP contribution in [0.15, 0.2) is 34.9 Å². The van der Waals surface area contributed by atoms with Crippen LogP contribution in [0.4, 0.5) is 13.2 Å². The zero-order valence-electron chi connectivity index (χ0n) is 14.5.